The number of phenolic OH excluding ortho intramolecular Hbond substituents is 1. The van der Waals surface area contributed by atoms with Crippen LogP contribution in [0.4, 0.5) is 11.4 Å². The molecule has 3 heterocycles. The molecule has 7 rings (SSSR count). The van der Waals surface area contributed by atoms with Crippen LogP contribution in [0.5, 0.6) is 11.5 Å². The average Bonchev–Trinajstić information content (AvgIpc) is 3.39. The number of nitro groups is 1. The number of hydrogen-bond donors (Lipinski definition) is 2. The lowest BCUT2D eigenvalue weighted by molar-refractivity contribution is -0.384. The summed E-state index contributed by atoms with van der Waals surface area (Å²) in [6.07, 6.45) is 4.09. The first-order valence-electron chi connectivity index (χ1n) is 16.6. The van der Waals surface area contributed by atoms with Gasteiger partial charge in [-0.25, -0.2) is 4.90 Å². The standard InChI is InChI=1S/C38H33BBrN3O8/c40-26-13-14-33(44)24(18-26)17-23(32-11-4-5-16-41-32)12-15-34-35-25(22-50-29-9-2-1-3-10-29)19-30-36(31(35)21-39(47)51-34)38(46)42(37(30)45)27-7-6-8-28(20-27)43(48)49/h1-11,13-14,16-18,20,30-31,34,36,44,47H,12,15,19,21-22H2/b23-17-/t30-,31+,34-,36-/m1/s1. The van der Waals surface area contributed by atoms with Crippen molar-refractivity contribution >= 4 is 57.9 Å². The van der Waals surface area contributed by atoms with Crippen LogP contribution in [0.3, 0.4) is 0 Å². The third kappa shape index (κ3) is 7.10. The largest absolute Gasteiger partial charge is 0.507 e. The smallest absolute Gasteiger partial charge is 0.455 e. The Labute approximate surface area is 302 Å². The molecule has 3 aromatic carbocycles. The van der Waals surface area contributed by atoms with Crippen LogP contribution in [-0.4, -0.2) is 51.7 Å². The molecule has 0 saturated carbocycles. The molecule has 0 radical (unpaired) electrons. The van der Waals surface area contributed by atoms with Gasteiger partial charge in [0.05, 0.1) is 34.2 Å². The topological polar surface area (TPSA) is 152 Å². The fourth-order valence-electron chi connectivity index (χ4n) is 7.53. The fourth-order valence-corrected chi connectivity index (χ4v) is 7.90. The van der Waals surface area contributed by atoms with Crippen LogP contribution < -0.4 is 9.64 Å². The van der Waals surface area contributed by atoms with Gasteiger partial charge in [-0.1, -0.05) is 46.3 Å². The van der Waals surface area contributed by atoms with Crippen molar-refractivity contribution in [3.05, 3.63) is 134 Å². The van der Waals surface area contributed by atoms with Gasteiger partial charge in [0.15, 0.2) is 0 Å². The number of aromatic nitrogens is 1. The van der Waals surface area contributed by atoms with Crippen LogP contribution in [0.1, 0.15) is 30.5 Å². The maximum atomic E-state index is 14.2. The Hall–Kier alpha value is -5.11. The number of nitro benzene ring substituents is 1. The van der Waals surface area contributed by atoms with E-state index in [0.717, 1.165) is 26.1 Å². The fraction of sp³-hybridized carbons (Fsp3) is 0.237. The highest BCUT2D eigenvalue weighted by Gasteiger charge is 2.57. The SMILES string of the molecule is O=C1[C@@H]2[C@@H](CC(COc3ccccc3)=C3[C@@H](CC/C(=C/c4cc(Br)ccc4O)c4ccccn4)OB(O)C[C@@H]32)C(=O)N1c1cccc([N+](=O)[O-])c1. The Bertz CT molecular complexity index is 2040. The van der Waals surface area contributed by atoms with E-state index in [1.807, 2.05) is 60.7 Å². The van der Waals surface area contributed by atoms with Crippen molar-refractivity contribution in [2.45, 2.75) is 31.7 Å². The summed E-state index contributed by atoms with van der Waals surface area (Å²) < 4.78 is 13.3. The molecule has 4 atom stereocenters. The van der Waals surface area contributed by atoms with Crippen molar-refractivity contribution in [1.82, 2.24) is 4.98 Å². The minimum atomic E-state index is -1.20. The summed E-state index contributed by atoms with van der Waals surface area (Å²) in [5, 5.41) is 33.3. The van der Waals surface area contributed by atoms with E-state index in [1.54, 1.807) is 18.3 Å². The van der Waals surface area contributed by atoms with Gasteiger partial charge in [0.2, 0.25) is 11.8 Å². The van der Waals surface area contributed by atoms with Crippen LogP contribution in [0.25, 0.3) is 11.6 Å². The van der Waals surface area contributed by atoms with Crippen LogP contribution in [0, 0.1) is 27.9 Å². The Morgan fingerprint density at radius 2 is 1.84 bits per heavy atom. The predicted molar refractivity (Wildman–Crippen MR) is 194 cm³/mol. The van der Waals surface area contributed by atoms with E-state index in [2.05, 4.69) is 20.9 Å². The number of halogens is 1. The molecular weight excluding hydrogens is 717 g/mol. The predicted octanol–water partition coefficient (Wildman–Crippen LogP) is 6.86. The summed E-state index contributed by atoms with van der Waals surface area (Å²) in [4.78, 5) is 44.8. The summed E-state index contributed by atoms with van der Waals surface area (Å²) >= 11 is 3.48. The second-order valence-corrected chi connectivity index (χ2v) is 13.7. The second kappa shape index (κ2) is 14.6. The zero-order chi connectivity index (χ0) is 35.6. The first-order chi connectivity index (χ1) is 24.7. The molecule has 2 amide bonds. The number of carbonyl (C=O) groups excluding carboxylic acids is 2. The monoisotopic (exact) mass is 749 g/mol. The number of fused-ring (bicyclic) bond motifs is 3. The number of non-ortho nitro benzene ring substituents is 1. The molecule has 3 aliphatic rings. The Morgan fingerprint density at radius 3 is 2.61 bits per heavy atom. The number of amides is 2. The lowest BCUT2D eigenvalue weighted by atomic mass is 9.58. The van der Waals surface area contributed by atoms with Crippen molar-refractivity contribution in [1.29, 1.82) is 0 Å². The van der Waals surface area contributed by atoms with Gasteiger partial charge in [-0.2, -0.15) is 0 Å². The van der Waals surface area contributed by atoms with Crippen molar-refractivity contribution in [3.8, 4) is 11.5 Å². The van der Waals surface area contributed by atoms with Gasteiger partial charge in [0.1, 0.15) is 18.1 Å². The number of anilines is 1. The lowest BCUT2D eigenvalue weighted by Gasteiger charge is -2.43. The first kappa shape index (κ1) is 34.3. The number of imide groups is 1. The molecule has 2 saturated heterocycles. The van der Waals surface area contributed by atoms with Crippen molar-refractivity contribution in [2.75, 3.05) is 11.5 Å². The highest BCUT2D eigenvalue weighted by molar-refractivity contribution is 9.10. The number of benzene rings is 3. The van der Waals surface area contributed by atoms with Crippen LogP contribution >= 0.6 is 15.9 Å². The molecule has 2 aliphatic heterocycles. The molecule has 0 bridgehead atoms. The number of pyridine rings is 1. The molecule has 1 aliphatic carbocycles. The van der Waals surface area contributed by atoms with E-state index in [4.69, 9.17) is 9.39 Å². The van der Waals surface area contributed by atoms with E-state index >= 15 is 0 Å². The van der Waals surface area contributed by atoms with Gasteiger partial charge in [-0.15, -0.1) is 0 Å². The molecule has 13 heteroatoms. The number of para-hydroxylation sites is 1. The summed E-state index contributed by atoms with van der Waals surface area (Å²) in [7, 11) is -1.20. The quantitative estimate of drug-likeness (QED) is 0.0582. The summed E-state index contributed by atoms with van der Waals surface area (Å²) in [6.45, 7) is 0.141. The number of carbonyl (C=O) groups is 2. The third-order valence-corrected chi connectivity index (χ3v) is 10.2. The highest BCUT2D eigenvalue weighted by atomic mass is 79.9. The Balaban J connectivity index is 1.25. The maximum absolute atomic E-state index is 14.2. The summed E-state index contributed by atoms with van der Waals surface area (Å²) in [5.41, 5.74) is 3.68. The zero-order valence-electron chi connectivity index (χ0n) is 27.3. The molecule has 0 unspecified atom stereocenters. The highest BCUT2D eigenvalue weighted by Crippen LogP contribution is 2.51. The van der Waals surface area contributed by atoms with E-state index in [-0.39, 0.29) is 36.5 Å². The lowest BCUT2D eigenvalue weighted by Crippen LogP contribution is -2.46. The average molecular weight is 750 g/mol. The van der Waals surface area contributed by atoms with E-state index < -0.39 is 47.7 Å². The Kier molecular flexibility index (Phi) is 9.85. The number of aromatic hydroxyl groups is 1. The molecule has 258 valence electrons. The Morgan fingerprint density at radius 1 is 1.04 bits per heavy atom. The molecule has 1 aromatic heterocycles. The molecule has 2 N–H and O–H groups in total. The maximum Gasteiger partial charge on any atom is 0.455 e. The molecule has 0 spiro atoms. The molecule has 2 fully saturated rings. The second-order valence-electron chi connectivity index (χ2n) is 12.8. The zero-order valence-corrected chi connectivity index (χ0v) is 28.9. The van der Waals surface area contributed by atoms with Gasteiger partial charge in [-0.05, 0) is 103 Å². The number of ether oxygens (including phenoxy) is 1. The number of phenols is 1. The van der Waals surface area contributed by atoms with Crippen LogP contribution in [0.15, 0.2) is 113 Å². The molecule has 4 aromatic rings. The molecular formula is C38H33BBrN3O8. The van der Waals surface area contributed by atoms with Gasteiger partial charge in [0, 0.05) is 28.4 Å². The normalized spacial score (nSPS) is 21.8. The number of nitrogens with zero attached hydrogens (tertiary/aromatic N) is 3. The minimum Gasteiger partial charge on any atom is -0.507 e. The third-order valence-electron chi connectivity index (χ3n) is 9.75. The van der Waals surface area contributed by atoms with E-state index in [1.165, 1.54) is 24.3 Å². The first-order valence-corrected chi connectivity index (χ1v) is 17.4. The van der Waals surface area contributed by atoms with E-state index in [0.29, 0.717) is 29.8 Å². The molecule has 51 heavy (non-hydrogen) atoms. The van der Waals surface area contributed by atoms with Crippen molar-refractivity contribution in [3.63, 3.8) is 0 Å². The number of rotatable bonds is 10. The minimum absolute atomic E-state index is 0.0957. The van der Waals surface area contributed by atoms with Gasteiger partial charge < -0.3 is 19.5 Å². The van der Waals surface area contributed by atoms with Crippen LogP contribution in [0.2, 0.25) is 6.32 Å². The number of allylic oxidation sites excluding steroid dienone is 1. The van der Waals surface area contributed by atoms with Crippen molar-refractivity contribution in [2.24, 2.45) is 17.8 Å². The van der Waals surface area contributed by atoms with Gasteiger partial charge in [-0.3, -0.25) is 24.7 Å². The summed E-state index contributed by atoms with van der Waals surface area (Å²) in [6, 6.07) is 25.6. The van der Waals surface area contributed by atoms with Gasteiger partial charge >= 0.3 is 7.12 Å². The number of hydrogen-bond acceptors (Lipinski definition) is 9. The van der Waals surface area contributed by atoms with E-state index in [9.17, 15) is 29.8 Å². The molecule has 11 nitrogen and oxygen atoms in total. The summed E-state index contributed by atoms with van der Waals surface area (Å²) in [5.74, 6) is -2.22. The van der Waals surface area contributed by atoms with Crippen molar-refractivity contribution < 1.29 is 34.0 Å². The van der Waals surface area contributed by atoms with Gasteiger partial charge in [0.25, 0.3) is 5.69 Å². The van der Waals surface area contributed by atoms with Crippen LogP contribution in [-0.2, 0) is 14.2 Å².